The number of hydrogen-bond acceptors (Lipinski definition) is 1. The Bertz CT molecular complexity index is 185. The van der Waals surface area contributed by atoms with Crippen LogP contribution in [0.4, 0.5) is 0 Å². The molecule has 0 saturated heterocycles. The molecule has 0 aromatic carbocycles. The average Bonchev–Trinajstić information content (AvgIpc) is 1.83. The molecule has 0 radical (unpaired) electrons. The smallest absolute Gasteiger partial charge is 0.237 e. The minimum absolute atomic E-state index is 0.0914. The number of carbonyl (C=O) groups is 1. The van der Waals surface area contributed by atoms with Crippen molar-refractivity contribution in [3.8, 4) is 0 Å². The first kappa shape index (κ1) is 10.4. The molecule has 1 saturated carbocycles. The van der Waals surface area contributed by atoms with E-state index >= 15 is 0 Å². The minimum atomic E-state index is -0.645. The van der Waals surface area contributed by atoms with Gasteiger partial charge in [0.15, 0.2) is 0 Å². The topological polar surface area (TPSA) is 29.1 Å². The second-order valence-electron chi connectivity index (χ2n) is 3.09. The van der Waals surface area contributed by atoms with E-state index in [1.54, 1.807) is 6.92 Å². The number of hydrogen-bond donors (Lipinski definition) is 1. The number of nitrogens with one attached hydrogen (secondary N) is 1. The Morgan fingerprint density at radius 1 is 1.58 bits per heavy atom. The first-order valence-electron chi connectivity index (χ1n) is 3.73. The molecule has 0 aromatic rings. The molecule has 0 spiro atoms. The van der Waals surface area contributed by atoms with Crippen molar-refractivity contribution in [1.29, 1.82) is 0 Å². The van der Waals surface area contributed by atoms with Gasteiger partial charge in [0, 0.05) is 18.9 Å². The number of rotatable bonds is 2. The third kappa shape index (κ3) is 2.68. The van der Waals surface area contributed by atoms with Crippen LogP contribution in [-0.2, 0) is 4.79 Å². The number of alkyl halides is 3. The van der Waals surface area contributed by atoms with Crippen LogP contribution in [0.3, 0.4) is 0 Å². The molecule has 5 heteroatoms. The summed E-state index contributed by atoms with van der Waals surface area (Å²) in [7, 11) is 0. The van der Waals surface area contributed by atoms with E-state index in [-0.39, 0.29) is 11.9 Å². The fraction of sp³-hybridized carbons (Fsp3) is 0.857. The van der Waals surface area contributed by atoms with Gasteiger partial charge in [-0.2, -0.15) is 0 Å². The van der Waals surface area contributed by atoms with Crippen LogP contribution in [0.5, 0.6) is 0 Å². The van der Waals surface area contributed by atoms with Crippen molar-refractivity contribution in [3.05, 3.63) is 0 Å². The lowest BCUT2D eigenvalue weighted by atomic mass is 9.91. The zero-order valence-corrected chi connectivity index (χ0v) is 8.88. The Morgan fingerprint density at radius 2 is 2.08 bits per heavy atom. The third-order valence-electron chi connectivity index (χ3n) is 1.80. The van der Waals surface area contributed by atoms with E-state index in [9.17, 15) is 4.79 Å². The summed E-state index contributed by atoms with van der Waals surface area (Å²) in [6.45, 7) is 1.63. The van der Waals surface area contributed by atoms with Gasteiger partial charge in [-0.05, 0) is 6.92 Å². The fourth-order valence-corrected chi connectivity index (χ4v) is 1.89. The summed E-state index contributed by atoms with van der Waals surface area (Å²) < 4.78 is -0.645. The van der Waals surface area contributed by atoms with E-state index in [4.69, 9.17) is 34.8 Å². The van der Waals surface area contributed by atoms with E-state index in [0.29, 0.717) is 12.8 Å². The quantitative estimate of drug-likeness (QED) is 0.723. The molecular weight excluding hydrogens is 220 g/mol. The molecule has 1 aliphatic rings. The van der Waals surface area contributed by atoms with Gasteiger partial charge in [-0.15, -0.1) is 34.8 Å². The Balaban J connectivity index is 2.23. The van der Waals surface area contributed by atoms with Crippen molar-refractivity contribution < 1.29 is 4.79 Å². The maximum absolute atomic E-state index is 11.0. The van der Waals surface area contributed by atoms with Gasteiger partial charge in [-0.25, -0.2) is 0 Å². The van der Waals surface area contributed by atoms with Crippen LogP contribution in [0.15, 0.2) is 0 Å². The van der Waals surface area contributed by atoms with E-state index in [2.05, 4.69) is 5.32 Å². The molecule has 1 rings (SSSR count). The summed E-state index contributed by atoms with van der Waals surface area (Å²) >= 11 is 17.0. The molecule has 0 aliphatic heterocycles. The minimum Gasteiger partial charge on any atom is -0.352 e. The summed E-state index contributed by atoms with van der Waals surface area (Å²) in [6, 6.07) is 0.0914. The van der Waals surface area contributed by atoms with E-state index in [1.165, 1.54) is 0 Å². The lowest BCUT2D eigenvalue weighted by molar-refractivity contribution is -0.121. The average molecular weight is 231 g/mol. The van der Waals surface area contributed by atoms with Gasteiger partial charge in [0.2, 0.25) is 5.91 Å². The lowest BCUT2D eigenvalue weighted by Gasteiger charge is -2.38. The summed E-state index contributed by atoms with van der Waals surface area (Å²) in [5.74, 6) is -0.162. The van der Waals surface area contributed by atoms with Crippen molar-refractivity contribution in [2.24, 2.45) is 0 Å². The molecule has 70 valence electrons. The second-order valence-corrected chi connectivity index (χ2v) is 5.38. The van der Waals surface area contributed by atoms with Crippen LogP contribution < -0.4 is 5.32 Å². The van der Waals surface area contributed by atoms with Gasteiger partial charge in [-0.1, -0.05) is 0 Å². The highest BCUT2D eigenvalue weighted by Crippen LogP contribution is 2.42. The van der Waals surface area contributed by atoms with Gasteiger partial charge >= 0.3 is 0 Å². The molecule has 1 atom stereocenters. The number of halogens is 3. The second kappa shape index (κ2) is 3.60. The predicted octanol–water partition coefficient (Wildman–Crippen LogP) is 2.07. The summed E-state index contributed by atoms with van der Waals surface area (Å²) in [5, 5.41) is 2.24. The molecule has 12 heavy (non-hydrogen) atoms. The van der Waals surface area contributed by atoms with Gasteiger partial charge < -0.3 is 5.32 Å². The van der Waals surface area contributed by atoms with Crippen LogP contribution in [0.1, 0.15) is 19.8 Å². The molecule has 1 unspecified atom stereocenters. The first-order chi connectivity index (χ1) is 5.41. The summed E-state index contributed by atoms with van der Waals surface area (Å²) in [6.07, 6.45) is 1.21. The fourth-order valence-electron chi connectivity index (χ4n) is 1.08. The lowest BCUT2D eigenvalue weighted by Crippen LogP contribution is -2.50. The summed E-state index contributed by atoms with van der Waals surface area (Å²) in [5.41, 5.74) is 0. The van der Waals surface area contributed by atoms with Crippen molar-refractivity contribution in [2.75, 3.05) is 0 Å². The zero-order chi connectivity index (χ0) is 9.35. The monoisotopic (exact) mass is 229 g/mol. The van der Waals surface area contributed by atoms with E-state index < -0.39 is 9.71 Å². The SMILES string of the molecule is CC(Cl)C(=O)NC1CC(Cl)(Cl)C1. The predicted molar refractivity (Wildman–Crippen MR) is 50.9 cm³/mol. The van der Waals surface area contributed by atoms with Gasteiger partial charge in [-0.3, -0.25) is 4.79 Å². The Labute approximate surface area is 86.5 Å². The van der Waals surface area contributed by atoms with Crippen LogP contribution >= 0.6 is 34.8 Å². The Hall–Kier alpha value is 0.340. The largest absolute Gasteiger partial charge is 0.352 e. The van der Waals surface area contributed by atoms with Crippen LogP contribution in [0.25, 0.3) is 0 Å². The maximum Gasteiger partial charge on any atom is 0.237 e. The molecular formula is C7H10Cl3NO. The van der Waals surface area contributed by atoms with E-state index in [1.807, 2.05) is 0 Å². The highest BCUT2D eigenvalue weighted by atomic mass is 35.5. The standard InChI is InChI=1S/C7H10Cl3NO/c1-4(8)6(12)11-5-2-7(9,10)3-5/h4-5H,2-3H2,1H3,(H,11,12). The van der Waals surface area contributed by atoms with Crippen LogP contribution in [-0.4, -0.2) is 21.7 Å². The zero-order valence-electron chi connectivity index (χ0n) is 6.61. The molecule has 0 aromatic heterocycles. The molecule has 2 nitrogen and oxygen atoms in total. The molecule has 1 N–H and O–H groups in total. The third-order valence-corrected chi connectivity index (χ3v) is 2.61. The van der Waals surface area contributed by atoms with Crippen molar-refractivity contribution in [1.82, 2.24) is 5.32 Å². The number of amides is 1. The van der Waals surface area contributed by atoms with Gasteiger partial charge in [0.25, 0.3) is 0 Å². The first-order valence-corrected chi connectivity index (χ1v) is 4.92. The highest BCUT2D eigenvalue weighted by molar-refractivity contribution is 6.49. The summed E-state index contributed by atoms with van der Waals surface area (Å²) in [4.78, 5) is 11.0. The molecule has 0 heterocycles. The molecule has 1 aliphatic carbocycles. The molecule has 0 bridgehead atoms. The normalized spacial score (nSPS) is 24.3. The van der Waals surface area contributed by atoms with Crippen molar-refractivity contribution >= 4 is 40.7 Å². The van der Waals surface area contributed by atoms with E-state index in [0.717, 1.165) is 0 Å². The Morgan fingerprint density at radius 3 is 2.42 bits per heavy atom. The van der Waals surface area contributed by atoms with Crippen LogP contribution in [0, 0.1) is 0 Å². The maximum atomic E-state index is 11.0. The van der Waals surface area contributed by atoms with Crippen molar-refractivity contribution in [3.63, 3.8) is 0 Å². The highest BCUT2D eigenvalue weighted by Gasteiger charge is 2.41. The van der Waals surface area contributed by atoms with Gasteiger partial charge in [0.1, 0.15) is 9.71 Å². The van der Waals surface area contributed by atoms with Gasteiger partial charge in [0.05, 0.1) is 0 Å². The van der Waals surface area contributed by atoms with Crippen molar-refractivity contribution in [2.45, 2.75) is 35.5 Å². The Kier molecular flexibility index (Phi) is 3.13. The molecule has 1 fully saturated rings. The van der Waals surface area contributed by atoms with Crippen LogP contribution in [0.2, 0.25) is 0 Å². The molecule has 1 amide bonds. The number of carbonyl (C=O) groups excluding carboxylic acids is 1.